The second-order valence-corrected chi connectivity index (χ2v) is 9.80. The fourth-order valence-corrected chi connectivity index (χ4v) is 4.63. The van der Waals surface area contributed by atoms with E-state index in [0.717, 1.165) is 51.8 Å². The second kappa shape index (κ2) is 14.0. The standard InChI is InChI=1S/C34H32N2O6/c37-33(38)16-12-24-11-13-27(20-26(24)22-36-34(39)31-10-4-5-17-35-31)40-18-6-7-19-41-28-14-15-29-30(23-42-32(29)21-28)25-8-2-1-3-9-25/h1-5,8-11,13-15,17,20-21,23H,6-7,12,16,18-19,22H2,(H,36,39)(H,37,38). The molecule has 0 fully saturated rings. The van der Waals surface area contributed by atoms with Crippen molar-refractivity contribution in [2.24, 2.45) is 0 Å². The van der Waals surface area contributed by atoms with Crippen molar-refractivity contribution in [3.63, 3.8) is 0 Å². The zero-order valence-electron chi connectivity index (χ0n) is 23.1. The Kier molecular flexibility index (Phi) is 9.46. The Labute approximate surface area is 243 Å². The number of hydrogen-bond donors (Lipinski definition) is 2. The Balaban J connectivity index is 1.10. The lowest BCUT2D eigenvalue weighted by Crippen LogP contribution is -2.24. The van der Waals surface area contributed by atoms with Gasteiger partial charge in [0.15, 0.2) is 0 Å². The van der Waals surface area contributed by atoms with E-state index in [1.165, 1.54) is 0 Å². The van der Waals surface area contributed by atoms with Crippen LogP contribution in [-0.2, 0) is 17.8 Å². The number of amides is 1. The molecule has 2 heterocycles. The van der Waals surface area contributed by atoms with Crippen LogP contribution < -0.4 is 14.8 Å². The van der Waals surface area contributed by atoms with Gasteiger partial charge >= 0.3 is 5.97 Å². The number of carbonyl (C=O) groups excluding carboxylic acids is 1. The van der Waals surface area contributed by atoms with E-state index in [4.69, 9.17) is 19.0 Å². The molecule has 1 amide bonds. The normalized spacial score (nSPS) is 10.9. The predicted octanol–water partition coefficient (Wildman–Crippen LogP) is 6.68. The number of unbranched alkanes of at least 4 members (excludes halogenated alkanes) is 1. The molecule has 0 radical (unpaired) electrons. The number of benzene rings is 3. The summed E-state index contributed by atoms with van der Waals surface area (Å²) < 4.78 is 17.7. The SMILES string of the molecule is O=C(O)CCc1ccc(OCCCCOc2ccc3c(-c4ccccc4)coc3c2)cc1CNC(=O)c1ccccn1. The summed E-state index contributed by atoms with van der Waals surface area (Å²) in [6.07, 6.45) is 5.29. The average Bonchev–Trinajstić information content (AvgIpc) is 3.45. The van der Waals surface area contributed by atoms with Crippen LogP contribution >= 0.6 is 0 Å². The first-order valence-electron chi connectivity index (χ1n) is 13.9. The lowest BCUT2D eigenvalue weighted by atomic mass is 10.0. The topological polar surface area (TPSA) is 111 Å². The highest BCUT2D eigenvalue weighted by atomic mass is 16.5. The van der Waals surface area contributed by atoms with Crippen molar-refractivity contribution in [1.29, 1.82) is 0 Å². The van der Waals surface area contributed by atoms with Crippen LogP contribution in [-0.4, -0.2) is 35.2 Å². The van der Waals surface area contributed by atoms with E-state index in [0.29, 0.717) is 31.1 Å². The van der Waals surface area contributed by atoms with E-state index < -0.39 is 5.97 Å². The van der Waals surface area contributed by atoms with Gasteiger partial charge in [-0.25, -0.2) is 0 Å². The minimum Gasteiger partial charge on any atom is -0.494 e. The molecule has 8 heteroatoms. The molecule has 5 rings (SSSR count). The monoisotopic (exact) mass is 564 g/mol. The molecule has 0 saturated carbocycles. The second-order valence-electron chi connectivity index (χ2n) is 9.80. The first-order valence-corrected chi connectivity index (χ1v) is 13.9. The number of hydrogen-bond acceptors (Lipinski definition) is 6. The number of aromatic nitrogens is 1. The number of rotatable bonds is 14. The van der Waals surface area contributed by atoms with Crippen LogP contribution in [0, 0.1) is 0 Å². The Bertz CT molecular complexity index is 1630. The van der Waals surface area contributed by atoms with Gasteiger partial charge in [0.05, 0.1) is 19.5 Å². The number of carbonyl (C=O) groups is 2. The number of carboxylic acids is 1. The minimum atomic E-state index is -0.873. The van der Waals surface area contributed by atoms with E-state index in [1.807, 2.05) is 54.6 Å². The van der Waals surface area contributed by atoms with Crippen molar-refractivity contribution in [2.75, 3.05) is 13.2 Å². The zero-order chi connectivity index (χ0) is 29.1. The summed E-state index contributed by atoms with van der Waals surface area (Å²) >= 11 is 0. The molecule has 0 bridgehead atoms. The Morgan fingerprint density at radius 1 is 0.833 bits per heavy atom. The van der Waals surface area contributed by atoms with Crippen molar-refractivity contribution in [2.45, 2.75) is 32.2 Å². The largest absolute Gasteiger partial charge is 0.494 e. The number of aryl methyl sites for hydroxylation is 1. The van der Waals surface area contributed by atoms with Gasteiger partial charge in [-0.05, 0) is 72.4 Å². The summed E-state index contributed by atoms with van der Waals surface area (Å²) in [5.41, 5.74) is 4.94. The Morgan fingerprint density at radius 3 is 2.31 bits per heavy atom. The van der Waals surface area contributed by atoms with Gasteiger partial charge in [0, 0.05) is 36.2 Å². The zero-order valence-corrected chi connectivity index (χ0v) is 23.1. The maximum Gasteiger partial charge on any atom is 0.303 e. The summed E-state index contributed by atoms with van der Waals surface area (Å²) in [4.78, 5) is 27.6. The highest BCUT2D eigenvalue weighted by molar-refractivity contribution is 5.94. The number of carboxylic acid groups (broad SMARTS) is 1. The van der Waals surface area contributed by atoms with Crippen LogP contribution in [0.3, 0.4) is 0 Å². The summed E-state index contributed by atoms with van der Waals surface area (Å²) in [7, 11) is 0. The van der Waals surface area contributed by atoms with E-state index in [-0.39, 0.29) is 18.9 Å². The summed E-state index contributed by atoms with van der Waals surface area (Å²) in [5.74, 6) is 0.247. The van der Waals surface area contributed by atoms with Gasteiger partial charge in [0.1, 0.15) is 22.8 Å². The van der Waals surface area contributed by atoms with Gasteiger partial charge in [0.2, 0.25) is 0 Å². The number of aliphatic carboxylic acids is 1. The summed E-state index contributed by atoms with van der Waals surface area (Å²) in [6, 6.07) is 26.7. The minimum absolute atomic E-state index is 0.00242. The molecule has 0 aliphatic heterocycles. The van der Waals surface area contributed by atoms with Crippen LogP contribution in [0.25, 0.3) is 22.1 Å². The molecule has 0 unspecified atom stereocenters. The number of pyridine rings is 1. The molecule has 2 N–H and O–H groups in total. The van der Waals surface area contributed by atoms with Gasteiger partial charge in [-0.15, -0.1) is 0 Å². The third-order valence-corrected chi connectivity index (χ3v) is 6.83. The molecule has 214 valence electrons. The number of furan rings is 1. The molecule has 3 aromatic carbocycles. The van der Waals surface area contributed by atoms with E-state index in [1.54, 1.807) is 30.7 Å². The fourth-order valence-electron chi connectivity index (χ4n) is 4.63. The molecular weight excluding hydrogens is 532 g/mol. The average molecular weight is 565 g/mol. The molecule has 5 aromatic rings. The maximum absolute atomic E-state index is 12.5. The molecule has 0 spiro atoms. The van der Waals surface area contributed by atoms with Gasteiger partial charge in [-0.3, -0.25) is 14.6 Å². The van der Waals surface area contributed by atoms with Crippen molar-refractivity contribution < 1.29 is 28.6 Å². The van der Waals surface area contributed by atoms with E-state index in [9.17, 15) is 9.59 Å². The van der Waals surface area contributed by atoms with Gasteiger partial charge in [0.25, 0.3) is 5.91 Å². The number of nitrogens with zero attached hydrogens (tertiary/aromatic N) is 1. The molecule has 0 aliphatic rings. The van der Waals surface area contributed by atoms with Crippen LogP contribution in [0.15, 0.2) is 102 Å². The number of ether oxygens (including phenoxy) is 2. The molecule has 0 aliphatic carbocycles. The van der Waals surface area contributed by atoms with Gasteiger partial charge in [-0.2, -0.15) is 0 Å². The maximum atomic E-state index is 12.5. The molecule has 42 heavy (non-hydrogen) atoms. The highest BCUT2D eigenvalue weighted by Crippen LogP contribution is 2.32. The van der Waals surface area contributed by atoms with Gasteiger partial charge < -0.3 is 24.3 Å². The van der Waals surface area contributed by atoms with E-state index >= 15 is 0 Å². The van der Waals surface area contributed by atoms with Crippen LogP contribution in [0.5, 0.6) is 11.5 Å². The smallest absolute Gasteiger partial charge is 0.303 e. The third-order valence-electron chi connectivity index (χ3n) is 6.83. The Morgan fingerprint density at radius 2 is 1.57 bits per heavy atom. The Hall–Kier alpha value is -5.11. The number of fused-ring (bicyclic) bond motifs is 1. The van der Waals surface area contributed by atoms with Crippen molar-refractivity contribution in [3.05, 3.63) is 114 Å². The van der Waals surface area contributed by atoms with Gasteiger partial charge in [-0.1, -0.05) is 42.5 Å². The first-order chi connectivity index (χ1) is 20.6. The van der Waals surface area contributed by atoms with Crippen LogP contribution in [0.4, 0.5) is 0 Å². The first kappa shape index (κ1) is 28.4. The highest BCUT2D eigenvalue weighted by Gasteiger charge is 2.12. The van der Waals surface area contributed by atoms with E-state index in [2.05, 4.69) is 22.4 Å². The summed E-state index contributed by atoms with van der Waals surface area (Å²) in [5, 5.41) is 13.0. The van der Waals surface area contributed by atoms with Crippen LogP contribution in [0.1, 0.15) is 40.9 Å². The third kappa shape index (κ3) is 7.54. The molecule has 2 aromatic heterocycles. The molecular formula is C34H32N2O6. The van der Waals surface area contributed by atoms with Crippen molar-refractivity contribution in [1.82, 2.24) is 10.3 Å². The molecule has 0 atom stereocenters. The molecule has 8 nitrogen and oxygen atoms in total. The summed E-state index contributed by atoms with van der Waals surface area (Å²) in [6.45, 7) is 1.28. The fraction of sp³-hybridized carbons (Fsp3) is 0.206. The van der Waals surface area contributed by atoms with Crippen molar-refractivity contribution in [3.8, 4) is 22.6 Å². The predicted molar refractivity (Wildman–Crippen MR) is 160 cm³/mol. The van der Waals surface area contributed by atoms with Crippen LogP contribution in [0.2, 0.25) is 0 Å². The lowest BCUT2D eigenvalue weighted by Gasteiger charge is -2.13. The van der Waals surface area contributed by atoms with Crippen molar-refractivity contribution >= 4 is 22.8 Å². The lowest BCUT2D eigenvalue weighted by molar-refractivity contribution is -0.136. The molecule has 0 saturated heterocycles. The number of nitrogens with one attached hydrogen (secondary N) is 1. The quantitative estimate of drug-likeness (QED) is 0.145.